The monoisotopic (exact) mass is 449 g/mol. The quantitative estimate of drug-likeness (QED) is 0.648. The number of aromatic nitrogens is 3. The predicted octanol–water partition coefficient (Wildman–Crippen LogP) is 2.98. The molecule has 2 aromatic heterocycles. The van der Waals surface area contributed by atoms with Gasteiger partial charge in [-0.3, -0.25) is 23.7 Å². The molecule has 8 heteroatoms. The number of rotatable bonds is 5. The molecule has 2 saturated heterocycles. The van der Waals surface area contributed by atoms with E-state index in [0.717, 1.165) is 56.2 Å². The van der Waals surface area contributed by atoms with Crippen LogP contribution in [-0.2, 0) is 18.3 Å². The number of carbonyl (C=O) groups is 2. The minimum atomic E-state index is -0.153. The number of piperidine rings is 1. The number of nitrogens with zero attached hydrogens (tertiary/aromatic N) is 4. The van der Waals surface area contributed by atoms with E-state index in [1.165, 1.54) is 5.56 Å². The van der Waals surface area contributed by atoms with Gasteiger partial charge in [0.1, 0.15) is 5.69 Å². The lowest BCUT2D eigenvalue weighted by Crippen LogP contribution is -2.44. The molecule has 3 aromatic rings. The molecule has 0 radical (unpaired) electrons. The zero-order chi connectivity index (χ0) is 23.0. The van der Waals surface area contributed by atoms with Crippen LogP contribution in [0.1, 0.15) is 53.5 Å². The van der Waals surface area contributed by atoms with Crippen molar-refractivity contribution < 1.29 is 14.3 Å². The molecule has 1 amide bonds. The van der Waals surface area contributed by atoms with Crippen LogP contribution in [0.25, 0.3) is 10.9 Å². The summed E-state index contributed by atoms with van der Waals surface area (Å²) >= 11 is 0. The van der Waals surface area contributed by atoms with Crippen LogP contribution in [-0.4, -0.2) is 62.4 Å². The number of carbonyl (C=O) groups excluding carboxylic acids is 2. The van der Waals surface area contributed by atoms with E-state index < -0.39 is 0 Å². The lowest BCUT2D eigenvalue weighted by atomic mass is 9.88. The Morgan fingerprint density at radius 1 is 1.18 bits per heavy atom. The number of fused-ring (bicyclic) bond motifs is 1. The van der Waals surface area contributed by atoms with E-state index in [0.29, 0.717) is 12.2 Å². The maximum atomic E-state index is 12.3. The smallest absolute Gasteiger partial charge is 0.271 e. The molecule has 5 rings (SSSR count). The maximum Gasteiger partial charge on any atom is 0.271 e. The summed E-state index contributed by atoms with van der Waals surface area (Å²) in [6.07, 6.45) is 7.79. The van der Waals surface area contributed by atoms with Gasteiger partial charge in [0.05, 0.1) is 17.2 Å². The first-order valence-corrected chi connectivity index (χ1v) is 11.7. The van der Waals surface area contributed by atoms with Gasteiger partial charge >= 0.3 is 0 Å². The van der Waals surface area contributed by atoms with Gasteiger partial charge in [-0.2, -0.15) is 5.10 Å². The predicted molar refractivity (Wildman–Crippen MR) is 125 cm³/mol. The molecule has 2 aliphatic rings. The molecule has 0 saturated carbocycles. The molecule has 1 spiro atoms. The Bertz CT molecular complexity index is 1170. The van der Waals surface area contributed by atoms with Gasteiger partial charge < -0.3 is 10.1 Å². The van der Waals surface area contributed by atoms with Crippen molar-refractivity contribution in [1.82, 2.24) is 24.6 Å². The summed E-state index contributed by atoms with van der Waals surface area (Å²) in [6, 6.07) is 9.82. The van der Waals surface area contributed by atoms with E-state index in [-0.39, 0.29) is 23.5 Å². The van der Waals surface area contributed by atoms with Crippen LogP contribution >= 0.6 is 0 Å². The summed E-state index contributed by atoms with van der Waals surface area (Å²) in [5.74, 6) is -0.115. The first kappa shape index (κ1) is 21.9. The highest BCUT2D eigenvalue weighted by atomic mass is 16.5. The Hall–Kier alpha value is -2.97. The third-order valence-electron chi connectivity index (χ3n) is 7.07. The fraction of sp³-hybridized carbons (Fsp3) is 0.480. The number of para-hydroxylation sites is 1. The molecule has 0 bridgehead atoms. The third-order valence-corrected chi connectivity index (χ3v) is 7.07. The zero-order valence-corrected chi connectivity index (χ0v) is 19.3. The van der Waals surface area contributed by atoms with E-state index >= 15 is 0 Å². The van der Waals surface area contributed by atoms with E-state index in [1.54, 1.807) is 35.5 Å². The van der Waals surface area contributed by atoms with Crippen molar-refractivity contribution in [2.45, 2.75) is 50.9 Å². The van der Waals surface area contributed by atoms with Crippen LogP contribution in [0.15, 0.2) is 42.7 Å². The number of nitrogens with one attached hydrogen (secondary N) is 1. The number of ether oxygens (including phenoxy) is 1. The summed E-state index contributed by atoms with van der Waals surface area (Å²) < 4.78 is 9.85. The Labute approximate surface area is 193 Å². The minimum absolute atomic E-state index is 0.0376. The Morgan fingerprint density at radius 3 is 2.70 bits per heavy atom. The van der Waals surface area contributed by atoms with E-state index in [1.807, 2.05) is 24.4 Å². The number of hydrogen-bond donors (Lipinski definition) is 1. The van der Waals surface area contributed by atoms with Crippen LogP contribution in [0.4, 0.5) is 0 Å². The van der Waals surface area contributed by atoms with Gasteiger partial charge in [0.15, 0.2) is 0 Å². The summed E-state index contributed by atoms with van der Waals surface area (Å²) in [5, 5.41) is 8.26. The normalized spacial score (nSPS) is 20.5. The molecule has 8 nitrogen and oxygen atoms in total. The lowest BCUT2D eigenvalue weighted by Gasteiger charge is -2.39. The molecule has 1 aromatic carbocycles. The molecule has 4 heterocycles. The van der Waals surface area contributed by atoms with Gasteiger partial charge in [-0.1, -0.05) is 18.2 Å². The van der Waals surface area contributed by atoms with Crippen LogP contribution in [0.2, 0.25) is 0 Å². The molecule has 1 unspecified atom stereocenters. The number of hydrogen-bond acceptors (Lipinski definition) is 5. The molecule has 0 aliphatic carbocycles. The maximum absolute atomic E-state index is 12.3. The first-order valence-electron chi connectivity index (χ1n) is 11.7. The van der Waals surface area contributed by atoms with Crippen molar-refractivity contribution in [1.29, 1.82) is 0 Å². The molecule has 1 N–H and O–H groups in total. The Balaban J connectivity index is 1.15. The number of aryl methyl sites for hydroxylation is 1. The van der Waals surface area contributed by atoms with Gasteiger partial charge in [0.2, 0.25) is 5.91 Å². The highest BCUT2D eigenvalue weighted by Crippen LogP contribution is 2.39. The second kappa shape index (κ2) is 8.76. The molecule has 174 valence electrons. The minimum Gasteiger partial charge on any atom is -0.370 e. The first-order chi connectivity index (χ1) is 15.9. The largest absolute Gasteiger partial charge is 0.370 e. The molecule has 33 heavy (non-hydrogen) atoms. The van der Waals surface area contributed by atoms with Crippen LogP contribution in [0, 0.1) is 0 Å². The number of amides is 1. The molecular weight excluding hydrogens is 418 g/mol. The average Bonchev–Trinajstić information content (AvgIpc) is 3.52. The lowest BCUT2D eigenvalue weighted by molar-refractivity contribution is -0.0764. The van der Waals surface area contributed by atoms with Gasteiger partial charge in [0.25, 0.3) is 5.91 Å². The third kappa shape index (κ3) is 4.45. The summed E-state index contributed by atoms with van der Waals surface area (Å²) in [4.78, 5) is 26.8. The zero-order valence-electron chi connectivity index (χ0n) is 19.3. The molecular formula is C25H31N5O3. The standard InChI is InChI=1S/C25H31N5O3/c1-18(31)30-17-19(21-5-3-4-6-23(21)30)16-29-13-10-25(11-14-29)9-7-20(33-25)15-26-24(32)22-8-12-28(2)27-22/h3-6,8,12,17,20H,7,9-11,13-16H2,1-2H3,(H,26,32). The molecule has 2 aliphatic heterocycles. The van der Waals surface area contributed by atoms with Crippen LogP contribution < -0.4 is 5.32 Å². The average molecular weight is 450 g/mol. The number of benzene rings is 1. The van der Waals surface area contributed by atoms with Crippen LogP contribution in [0.5, 0.6) is 0 Å². The topological polar surface area (TPSA) is 81.4 Å². The summed E-state index contributed by atoms with van der Waals surface area (Å²) in [6.45, 7) is 4.89. The van der Waals surface area contributed by atoms with Crippen molar-refractivity contribution in [3.63, 3.8) is 0 Å². The van der Waals surface area contributed by atoms with E-state index in [9.17, 15) is 9.59 Å². The fourth-order valence-electron chi connectivity index (χ4n) is 5.24. The molecule has 2 fully saturated rings. The van der Waals surface area contributed by atoms with Crippen molar-refractivity contribution in [3.05, 3.63) is 54.0 Å². The second-order valence-electron chi connectivity index (χ2n) is 9.38. The van der Waals surface area contributed by atoms with Crippen molar-refractivity contribution in [3.8, 4) is 0 Å². The van der Waals surface area contributed by atoms with E-state index in [2.05, 4.69) is 21.4 Å². The molecule has 1 atom stereocenters. The summed E-state index contributed by atoms with van der Waals surface area (Å²) in [5.41, 5.74) is 2.52. The van der Waals surface area contributed by atoms with Crippen molar-refractivity contribution in [2.75, 3.05) is 19.6 Å². The van der Waals surface area contributed by atoms with Gasteiger partial charge in [-0.25, -0.2) is 0 Å². The van der Waals surface area contributed by atoms with E-state index in [4.69, 9.17) is 4.74 Å². The SMILES string of the molecule is CC(=O)n1cc(CN2CCC3(CCC(CNC(=O)c4ccn(C)n4)O3)CC2)c2ccccc21. The van der Waals surface area contributed by atoms with Crippen molar-refractivity contribution in [2.24, 2.45) is 7.05 Å². The highest BCUT2D eigenvalue weighted by Gasteiger charge is 2.42. The number of likely N-dealkylation sites (tertiary alicyclic amines) is 1. The summed E-state index contributed by atoms with van der Waals surface area (Å²) in [7, 11) is 1.80. The van der Waals surface area contributed by atoms with Crippen molar-refractivity contribution >= 4 is 22.7 Å². The highest BCUT2D eigenvalue weighted by molar-refractivity contribution is 5.93. The van der Waals surface area contributed by atoms with Gasteiger partial charge in [-0.15, -0.1) is 0 Å². The Kier molecular flexibility index (Phi) is 5.80. The Morgan fingerprint density at radius 2 is 1.97 bits per heavy atom. The van der Waals surface area contributed by atoms with Gasteiger partial charge in [0, 0.05) is 57.9 Å². The fourth-order valence-corrected chi connectivity index (χ4v) is 5.24. The van der Waals surface area contributed by atoms with Crippen LogP contribution in [0.3, 0.4) is 0 Å². The van der Waals surface area contributed by atoms with Gasteiger partial charge in [-0.05, 0) is 43.4 Å². The second-order valence-corrected chi connectivity index (χ2v) is 9.38.